The van der Waals surface area contributed by atoms with Crippen molar-refractivity contribution < 1.29 is 19.3 Å². The lowest BCUT2D eigenvalue weighted by molar-refractivity contribution is -0.141. The van der Waals surface area contributed by atoms with Crippen molar-refractivity contribution in [3.8, 4) is 11.5 Å². The maximum absolute atomic E-state index is 9.71. The summed E-state index contributed by atoms with van der Waals surface area (Å²) >= 11 is 0. The normalized spacial score (nSPS) is 20.1. The van der Waals surface area contributed by atoms with Gasteiger partial charge in [0.05, 0.1) is 6.61 Å². The molecule has 2 aromatic rings. The monoisotopic (exact) mass is 383 g/mol. The van der Waals surface area contributed by atoms with E-state index in [9.17, 15) is 5.11 Å². The molecule has 4 rings (SSSR count). The van der Waals surface area contributed by atoms with E-state index in [1.807, 2.05) is 6.07 Å². The largest absolute Gasteiger partial charge is 0.508 e. The van der Waals surface area contributed by atoms with Crippen LogP contribution in [0.2, 0.25) is 0 Å². The smallest absolute Gasteiger partial charge is 0.159 e. The van der Waals surface area contributed by atoms with Crippen molar-refractivity contribution in [3.63, 3.8) is 0 Å². The minimum Gasteiger partial charge on any atom is -0.508 e. The van der Waals surface area contributed by atoms with Crippen molar-refractivity contribution in [3.05, 3.63) is 53.6 Å². The standard InChI is InChI=1S/C23H29NO4/c1-26-23(27-2)17-9-12-24(13-10-17)18-5-3-16(4-6-18)20-11-14-28-22-15-19(25)7-8-21(20)22/h3-8,15,17,20,23,25H,9-14H2,1-2H3. The van der Waals surface area contributed by atoms with Gasteiger partial charge in [-0.2, -0.15) is 0 Å². The summed E-state index contributed by atoms with van der Waals surface area (Å²) in [4.78, 5) is 2.44. The summed E-state index contributed by atoms with van der Waals surface area (Å²) in [6.07, 6.45) is 3.01. The van der Waals surface area contributed by atoms with Crippen molar-refractivity contribution >= 4 is 5.69 Å². The fraction of sp³-hybridized carbons (Fsp3) is 0.478. The van der Waals surface area contributed by atoms with Gasteiger partial charge in [-0.1, -0.05) is 18.2 Å². The predicted molar refractivity (Wildman–Crippen MR) is 109 cm³/mol. The highest BCUT2D eigenvalue weighted by atomic mass is 16.7. The van der Waals surface area contributed by atoms with Crippen LogP contribution in [0.25, 0.3) is 0 Å². The molecule has 0 bridgehead atoms. The zero-order valence-electron chi connectivity index (χ0n) is 16.6. The number of ether oxygens (including phenoxy) is 3. The molecule has 0 spiro atoms. The lowest BCUT2D eigenvalue weighted by Crippen LogP contribution is -2.39. The highest BCUT2D eigenvalue weighted by molar-refractivity contribution is 5.52. The van der Waals surface area contributed by atoms with Crippen molar-refractivity contribution in [1.82, 2.24) is 0 Å². The Morgan fingerprint density at radius 1 is 1.00 bits per heavy atom. The lowest BCUT2D eigenvalue weighted by atomic mass is 9.86. The first-order valence-corrected chi connectivity index (χ1v) is 10.1. The van der Waals surface area contributed by atoms with E-state index < -0.39 is 0 Å². The molecule has 1 N–H and O–H groups in total. The number of phenols is 1. The Kier molecular flexibility index (Phi) is 5.74. The number of piperidine rings is 1. The minimum absolute atomic E-state index is 0.0995. The molecule has 2 aliphatic heterocycles. The molecule has 1 saturated heterocycles. The number of nitrogens with zero attached hydrogens (tertiary/aromatic N) is 1. The van der Waals surface area contributed by atoms with Crippen LogP contribution in [0.3, 0.4) is 0 Å². The van der Waals surface area contributed by atoms with Crippen LogP contribution in [0, 0.1) is 5.92 Å². The number of hydrogen-bond donors (Lipinski definition) is 1. The molecule has 1 fully saturated rings. The number of hydrogen-bond acceptors (Lipinski definition) is 5. The fourth-order valence-corrected chi connectivity index (χ4v) is 4.55. The van der Waals surface area contributed by atoms with E-state index in [2.05, 4.69) is 29.2 Å². The van der Waals surface area contributed by atoms with Gasteiger partial charge < -0.3 is 24.2 Å². The van der Waals surface area contributed by atoms with E-state index in [0.29, 0.717) is 18.4 Å². The van der Waals surface area contributed by atoms with Crippen molar-refractivity contribution in [2.75, 3.05) is 38.8 Å². The Bertz CT molecular complexity index is 780. The summed E-state index contributed by atoms with van der Waals surface area (Å²) in [7, 11) is 3.43. The zero-order valence-corrected chi connectivity index (χ0v) is 16.6. The second-order valence-electron chi connectivity index (χ2n) is 7.67. The molecule has 0 saturated carbocycles. The van der Waals surface area contributed by atoms with E-state index in [0.717, 1.165) is 43.7 Å². The van der Waals surface area contributed by atoms with Gasteiger partial charge in [0.25, 0.3) is 0 Å². The van der Waals surface area contributed by atoms with E-state index in [4.69, 9.17) is 14.2 Å². The number of fused-ring (bicyclic) bond motifs is 1. The number of phenolic OH excluding ortho intramolecular Hbond substituents is 1. The van der Waals surface area contributed by atoms with Crippen LogP contribution in [-0.2, 0) is 9.47 Å². The van der Waals surface area contributed by atoms with Crippen molar-refractivity contribution in [1.29, 1.82) is 0 Å². The Hall–Kier alpha value is -2.24. The second kappa shape index (κ2) is 8.41. The molecule has 0 aliphatic carbocycles. The highest BCUT2D eigenvalue weighted by Crippen LogP contribution is 2.40. The third-order valence-corrected chi connectivity index (χ3v) is 6.09. The van der Waals surface area contributed by atoms with Gasteiger partial charge in [0.1, 0.15) is 11.5 Å². The topological polar surface area (TPSA) is 51.2 Å². The predicted octanol–water partition coefficient (Wildman–Crippen LogP) is 4.14. The van der Waals surface area contributed by atoms with Crippen LogP contribution in [0.4, 0.5) is 5.69 Å². The summed E-state index contributed by atoms with van der Waals surface area (Å²) in [5, 5.41) is 9.71. The summed E-state index contributed by atoms with van der Waals surface area (Å²) in [6, 6.07) is 14.4. The first kappa shape index (κ1) is 19.1. The van der Waals surface area contributed by atoms with Gasteiger partial charge in [-0.15, -0.1) is 0 Å². The molecule has 1 unspecified atom stereocenters. The molecule has 2 heterocycles. The molecule has 0 amide bonds. The Morgan fingerprint density at radius 2 is 1.71 bits per heavy atom. The Balaban J connectivity index is 1.44. The quantitative estimate of drug-likeness (QED) is 0.787. The second-order valence-corrected chi connectivity index (χ2v) is 7.67. The fourth-order valence-electron chi connectivity index (χ4n) is 4.55. The maximum atomic E-state index is 9.71. The van der Waals surface area contributed by atoms with Gasteiger partial charge in [-0.05, 0) is 43.0 Å². The molecule has 5 nitrogen and oxygen atoms in total. The van der Waals surface area contributed by atoms with Gasteiger partial charge in [0.15, 0.2) is 6.29 Å². The summed E-state index contributed by atoms with van der Waals surface area (Å²) in [6.45, 7) is 2.72. The highest BCUT2D eigenvalue weighted by Gasteiger charge is 2.27. The third kappa shape index (κ3) is 3.82. The average molecular weight is 383 g/mol. The SMILES string of the molecule is COC(OC)C1CCN(c2ccc(C3CCOc4cc(O)ccc43)cc2)CC1. The summed E-state index contributed by atoms with van der Waals surface area (Å²) in [5.41, 5.74) is 3.72. The number of rotatable bonds is 5. The first-order chi connectivity index (χ1) is 13.7. The van der Waals surface area contributed by atoms with E-state index in [1.165, 1.54) is 11.3 Å². The summed E-state index contributed by atoms with van der Waals surface area (Å²) in [5.74, 6) is 1.82. The van der Waals surface area contributed by atoms with E-state index in [1.54, 1.807) is 26.4 Å². The minimum atomic E-state index is -0.0995. The molecular formula is C23H29NO4. The molecule has 0 radical (unpaired) electrons. The van der Waals surface area contributed by atoms with E-state index in [-0.39, 0.29) is 12.0 Å². The Morgan fingerprint density at radius 3 is 2.39 bits per heavy atom. The number of benzene rings is 2. The molecule has 5 heteroatoms. The van der Waals surface area contributed by atoms with Gasteiger partial charge in [-0.25, -0.2) is 0 Å². The molecule has 0 aromatic heterocycles. The summed E-state index contributed by atoms with van der Waals surface area (Å²) < 4.78 is 16.6. The molecule has 1 atom stereocenters. The number of anilines is 1. The van der Waals surface area contributed by atoms with Crippen LogP contribution < -0.4 is 9.64 Å². The van der Waals surface area contributed by atoms with Crippen molar-refractivity contribution in [2.45, 2.75) is 31.5 Å². The van der Waals surface area contributed by atoms with Gasteiger partial charge in [0.2, 0.25) is 0 Å². The molecular weight excluding hydrogens is 354 g/mol. The van der Waals surface area contributed by atoms with Crippen LogP contribution in [0.1, 0.15) is 36.3 Å². The van der Waals surface area contributed by atoms with E-state index >= 15 is 0 Å². The van der Waals surface area contributed by atoms with Gasteiger partial charge >= 0.3 is 0 Å². The Labute approximate surface area is 166 Å². The van der Waals surface area contributed by atoms with Crippen LogP contribution in [0.5, 0.6) is 11.5 Å². The van der Waals surface area contributed by atoms with Gasteiger partial charge in [0, 0.05) is 56.5 Å². The molecule has 2 aliphatic rings. The molecule has 28 heavy (non-hydrogen) atoms. The van der Waals surface area contributed by atoms with Crippen LogP contribution in [0.15, 0.2) is 42.5 Å². The molecule has 2 aromatic carbocycles. The van der Waals surface area contributed by atoms with Crippen LogP contribution in [-0.4, -0.2) is 45.3 Å². The third-order valence-electron chi connectivity index (χ3n) is 6.09. The van der Waals surface area contributed by atoms with Crippen LogP contribution >= 0.6 is 0 Å². The number of methoxy groups -OCH3 is 2. The first-order valence-electron chi connectivity index (χ1n) is 10.1. The van der Waals surface area contributed by atoms with Gasteiger partial charge in [-0.3, -0.25) is 0 Å². The maximum Gasteiger partial charge on any atom is 0.159 e. The number of aromatic hydroxyl groups is 1. The zero-order chi connectivity index (χ0) is 19.5. The molecule has 150 valence electrons. The average Bonchev–Trinajstić information content (AvgIpc) is 2.75. The lowest BCUT2D eigenvalue weighted by Gasteiger charge is -2.36. The van der Waals surface area contributed by atoms with Crippen molar-refractivity contribution in [2.24, 2.45) is 5.92 Å².